The van der Waals surface area contributed by atoms with Crippen molar-refractivity contribution in [2.75, 3.05) is 50.9 Å². The van der Waals surface area contributed by atoms with Gasteiger partial charge in [-0.15, -0.1) is 11.6 Å². The van der Waals surface area contributed by atoms with Crippen molar-refractivity contribution in [3.05, 3.63) is 0 Å². The number of rotatable bonds is 7. The molecule has 2 N–H and O–H groups in total. The Morgan fingerprint density at radius 1 is 1.26 bits per heavy atom. The number of halogens is 1. The molecule has 19 heavy (non-hydrogen) atoms. The molecule has 1 fully saturated rings. The minimum absolute atomic E-state index is 0.0449. The molecule has 1 aliphatic heterocycles. The minimum atomic E-state index is -3.23. The summed E-state index contributed by atoms with van der Waals surface area (Å²) in [5.41, 5.74) is 0. The molecule has 1 heterocycles. The number of carboxylic acid groups (broad SMARTS) is 1. The van der Waals surface area contributed by atoms with Gasteiger partial charge in [-0.2, -0.15) is 0 Å². The van der Waals surface area contributed by atoms with Gasteiger partial charge in [-0.05, 0) is 6.42 Å². The molecule has 112 valence electrons. The summed E-state index contributed by atoms with van der Waals surface area (Å²) in [5.74, 6) is 0.376. The number of alkyl halides is 1. The summed E-state index contributed by atoms with van der Waals surface area (Å²) in [5, 5.41) is 8.79. The Kier molecular flexibility index (Phi) is 6.84. The largest absolute Gasteiger partial charge is 0.465 e. The Bertz CT molecular complexity index is 382. The zero-order valence-electron chi connectivity index (χ0n) is 10.7. The van der Waals surface area contributed by atoms with Gasteiger partial charge in [0.2, 0.25) is 10.0 Å². The first kappa shape index (κ1) is 16.5. The smallest absolute Gasteiger partial charge is 0.407 e. The molecule has 1 rings (SSSR count). The molecule has 1 saturated heterocycles. The molecular weight excluding hydrogens is 294 g/mol. The van der Waals surface area contributed by atoms with Gasteiger partial charge in [0, 0.05) is 45.1 Å². The van der Waals surface area contributed by atoms with E-state index < -0.39 is 16.1 Å². The van der Waals surface area contributed by atoms with E-state index in [1.165, 1.54) is 4.90 Å². The van der Waals surface area contributed by atoms with Crippen molar-refractivity contribution in [3.8, 4) is 0 Å². The van der Waals surface area contributed by atoms with Gasteiger partial charge >= 0.3 is 6.09 Å². The van der Waals surface area contributed by atoms with Gasteiger partial charge in [0.05, 0.1) is 5.75 Å². The quantitative estimate of drug-likeness (QED) is 0.637. The van der Waals surface area contributed by atoms with Crippen molar-refractivity contribution < 1.29 is 18.3 Å². The van der Waals surface area contributed by atoms with Crippen LogP contribution in [0.4, 0.5) is 4.79 Å². The topological polar surface area (TPSA) is 89.9 Å². The van der Waals surface area contributed by atoms with Crippen molar-refractivity contribution in [1.29, 1.82) is 0 Å². The Labute approximate surface area is 118 Å². The zero-order chi connectivity index (χ0) is 14.3. The highest BCUT2D eigenvalue weighted by Gasteiger charge is 2.20. The summed E-state index contributed by atoms with van der Waals surface area (Å²) in [4.78, 5) is 14.1. The summed E-state index contributed by atoms with van der Waals surface area (Å²) >= 11 is 5.45. The normalized spacial score (nSPS) is 17.6. The first-order valence-corrected chi connectivity index (χ1v) is 8.37. The highest BCUT2D eigenvalue weighted by molar-refractivity contribution is 7.89. The van der Waals surface area contributed by atoms with E-state index in [1.807, 2.05) is 4.90 Å². The third kappa shape index (κ3) is 6.42. The molecule has 0 bridgehead atoms. The number of carbonyl (C=O) groups is 1. The van der Waals surface area contributed by atoms with Crippen molar-refractivity contribution in [2.45, 2.75) is 6.42 Å². The lowest BCUT2D eigenvalue weighted by atomic mass is 10.3. The second kappa shape index (κ2) is 7.88. The molecule has 0 radical (unpaired) electrons. The molecule has 7 nitrogen and oxygen atoms in total. The van der Waals surface area contributed by atoms with Crippen LogP contribution in [0.3, 0.4) is 0 Å². The van der Waals surface area contributed by atoms with E-state index in [1.54, 1.807) is 0 Å². The third-order valence-electron chi connectivity index (χ3n) is 2.94. The summed E-state index contributed by atoms with van der Waals surface area (Å²) in [7, 11) is -3.23. The maximum Gasteiger partial charge on any atom is 0.407 e. The molecule has 9 heteroatoms. The predicted octanol–water partition coefficient (Wildman–Crippen LogP) is -0.170. The van der Waals surface area contributed by atoms with E-state index in [-0.39, 0.29) is 5.75 Å². The number of hydrogen-bond donors (Lipinski definition) is 2. The second-order valence-electron chi connectivity index (χ2n) is 4.37. The average Bonchev–Trinajstić information content (AvgIpc) is 2.37. The molecule has 0 aromatic heterocycles. The number of nitrogens with zero attached hydrogens (tertiary/aromatic N) is 2. The lowest BCUT2D eigenvalue weighted by Crippen LogP contribution is -2.49. The lowest BCUT2D eigenvalue weighted by Gasteiger charge is -2.32. The first-order valence-electron chi connectivity index (χ1n) is 6.18. The van der Waals surface area contributed by atoms with E-state index in [4.69, 9.17) is 16.7 Å². The second-order valence-corrected chi connectivity index (χ2v) is 6.67. The highest BCUT2D eigenvalue weighted by atomic mass is 35.5. The molecular formula is C10H20ClN3O4S. The SMILES string of the molecule is O=C(O)N1CCN(CCNS(=O)(=O)CCCCl)CC1. The molecule has 0 saturated carbocycles. The van der Waals surface area contributed by atoms with Crippen LogP contribution in [0.1, 0.15) is 6.42 Å². The van der Waals surface area contributed by atoms with Crippen LogP contribution in [0.5, 0.6) is 0 Å². The van der Waals surface area contributed by atoms with Gasteiger partial charge in [-0.25, -0.2) is 17.9 Å². The number of piperazine rings is 1. The van der Waals surface area contributed by atoms with Gasteiger partial charge in [0.1, 0.15) is 0 Å². The monoisotopic (exact) mass is 313 g/mol. The fraction of sp³-hybridized carbons (Fsp3) is 0.900. The highest BCUT2D eigenvalue weighted by Crippen LogP contribution is 2.01. The van der Waals surface area contributed by atoms with E-state index in [9.17, 15) is 13.2 Å². The molecule has 0 spiro atoms. The van der Waals surface area contributed by atoms with Crippen LogP contribution in [-0.2, 0) is 10.0 Å². The van der Waals surface area contributed by atoms with Crippen LogP contribution < -0.4 is 4.72 Å². The molecule has 0 atom stereocenters. The standard InChI is InChI=1S/C10H20ClN3O4S/c11-2-1-9-19(17,18)12-3-4-13-5-7-14(8-6-13)10(15)16/h12H,1-9H2,(H,15,16). The van der Waals surface area contributed by atoms with Crippen molar-refractivity contribution >= 4 is 27.7 Å². The van der Waals surface area contributed by atoms with Crippen LogP contribution >= 0.6 is 11.6 Å². The maximum absolute atomic E-state index is 11.5. The summed E-state index contributed by atoms with van der Waals surface area (Å²) < 4.78 is 25.5. The molecule has 1 aliphatic rings. The number of nitrogens with one attached hydrogen (secondary N) is 1. The Morgan fingerprint density at radius 3 is 2.42 bits per heavy atom. The van der Waals surface area contributed by atoms with Crippen LogP contribution in [-0.4, -0.2) is 80.3 Å². The van der Waals surface area contributed by atoms with Gasteiger partial charge < -0.3 is 10.0 Å². The van der Waals surface area contributed by atoms with Gasteiger partial charge in [0.15, 0.2) is 0 Å². The van der Waals surface area contributed by atoms with E-state index in [0.29, 0.717) is 51.6 Å². The van der Waals surface area contributed by atoms with Gasteiger partial charge in [-0.3, -0.25) is 4.90 Å². The fourth-order valence-corrected chi connectivity index (χ4v) is 3.20. The van der Waals surface area contributed by atoms with E-state index in [2.05, 4.69) is 4.72 Å². The molecule has 1 amide bonds. The summed E-state index contributed by atoms with van der Waals surface area (Å²) in [6.07, 6.45) is -0.463. The van der Waals surface area contributed by atoms with Crippen LogP contribution in [0, 0.1) is 0 Å². The Hall–Kier alpha value is -0.570. The molecule has 0 aromatic rings. The van der Waals surface area contributed by atoms with Crippen LogP contribution in [0.25, 0.3) is 0 Å². The maximum atomic E-state index is 11.5. The van der Waals surface area contributed by atoms with Crippen molar-refractivity contribution in [3.63, 3.8) is 0 Å². The van der Waals surface area contributed by atoms with Gasteiger partial charge in [0.25, 0.3) is 0 Å². The molecule has 0 aromatic carbocycles. The van der Waals surface area contributed by atoms with Crippen molar-refractivity contribution in [2.24, 2.45) is 0 Å². The molecule has 0 aliphatic carbocycles. The van der Waals surface area contributed by atoms with Crippen LogP contribution in [0.2, 0.25) is 0 Å². The van der Waals surface area contributed by atoms with Crippen LogP contribution in [0.15, 0.2) is 0 Å². The van der Waals surface area contributed by atoms with E-state index >= 15 is 0 Å². The summed E-state index contributed by atoms with van der Waals surface area (Å²) in [6.45, 7) is 3.14. The van der Waals surface area contributed by atoms with Crippen molar-refractivity contribution in [1.82, 2.24) is 14.5 Å². The number of sulfonamides is 1. The first-order chi connectivity index (χ1) is 8.94. The number of amides is 1. The predicted molar refractivity (Wildman–Crippen MR) is 73.2 cm³/mol. The zero-order valence-corrected chi connectivity index (χ0v) is 12.3. The fourth-order valence-electron chi connectivity index (χ4n) is 1.84. The third-order valence-corrected chi connectivity index (χ3v) is 4.68. The Balaban J connectivity index is 2.19. The number of hydrogen-bond acceptors (Lipinski definition) is 4. The average molecular weight is 314 g/mol. The lowest BCUT2D eigenvalue weighted by molar-refractivity contribution is 0.106. The van der Waals surface area contributed by atoms with Gasteiger partial charge in [-0.1, -0.05) is 0 Å². The minimum Gasteiger partial charge on any atom is -0.465 e. The Morgan fingerprint density at radius 2 is 1.89 bits per heavy atom. The summed E-state index contributed by atoms with van der Waals surface area (Å²) in [6, 6.07) is 0. The molecule has 0 unspecified atom stereocenters. The van der Waals surface area contributed by atoms with E-state index in [0.717, 1.165) is 0 Å².